The molecule has 4 aromatic carbocycles. The molecule has 242 valence electrons. The maximum atomic E-state index is 13.8. The number of methoxy groups -OCH3 is 1. The minimum Gasteiger partial charge on any atom is -0.497 e. The van der Waals surface area contributed by atoms with Gasteiger partial charge < -0.3 is 19.9 Å². The lowest BCUT2D eigenvalue weighted by Gasteiger charge is -2.25. The number of aliphatic hydroxyl groups is 1. The summed E-state index contributed by atoms with van der Waals surface area (Å²) in [6.07, 6.45) is 3.32. The summed E-state index contributed by atoms with van der Waals surface area (Å²) in [7, 11) is 1.65. The van der Waals surface area contributed by atoms with Crippen molar-refractivity contribution < 1.29 is 24.2 Å². The lowest BCUT2D eigenvalue weighted by atomic mass is 9.87. The van der Waals surface area contributed by atoms with Crippen LogP contribution in [0.5, 0.6) is 11.5 Å². The van der Waals surface area contributed by atoms with Gasteiger partial charge in [0.25, 0.3) is 0 Å². The van der Waals surface area contributed by atoms with Crippen LogP contribution < -0.4 is 14.8 Å². The normalized spacial score (nSPS) is 12.4. The number of aryl methyl sites for hydroxylation is 5. The van der Waals surface area contributed by atoms with Gasteiger partial charge in [-0.25, -0.2) is 0 Å². The summed E-state index contributed by atoms with van der Waals surface area (Å²) < 4.78 is 11.3. The van der Waals surface area contributed by atoms with Crippen molar-refractivity contribution >= 4 is 11.9 Å². The number of carbonyl (C=O) groups excluding carboxylic acids is 2. The van der Waals surface area contributed by atoms with Crippen molar-refractivity contribution in [1.29, 1.82) is 0 Å². The van der Waals surface area contributed by atoms with Crippen LogP contribution in [-0.2, 0) is 41.7 Å². The van der Waals surface area contributed by atoms with Crippen LogP contribution in [0.3, 0.4) is 0 Å². The lowest BCUT2D eigenvalue weighted by molar-refractivity contribution is -0.132. The minimum atomic E-state index is -0.465. The molecule has 6 heteroatoms. The van der Waals surface area contributed by atoms with Crippen molar-refractivity contribution in [3.63, 3.8) is 0 Å². The molecule has 2 N–H and O–H groups in total. The molecule has 1 amide bonds. The van der Waals surface area contributed by atoms with Gasteiger partial charge in [0.15, 0.2) is 0 Å². The summed E-state index contributed by atoms with van der Waals surface area (Å²) in [5, 5.41) is 13.0. The van der Waals surface area contributed by atoms with E-state index in [-0.39, 0.29) is 30.4 Å². The van der Waals surface area contributed by atoms with Gasteiger partial charge in [0.2, 0.25) is 5.91 Å². The number of amides is 1. The molecule has 0 aliphatic carbocycles. The Labute approximate surface area is 273 Å². The Balaban J connectivity index is 1.74. The fourth-order valence-electron chi connectivity index (χ4n) is 5.69. The second-order valence-corrected chi connectivity index (χ2v) is 12.4. The van der Waals surface area contributed by atoms with Crippen molar-refractivity contribution in [2.24, 2.45) is 5.92 Å². The van der Waals surface area contributed by atoms with Crippen LogP contribution in [0.15, 0.2) is 91.0 Å². The van der Waals surface area contributed by atoms with Gasteiger partial charge in [-0.1, -0.05) is 98.3 Å². The van der Waals surface area contributed by atoms with Crippen molar-refractivity contribution in [3.8, 4) is 11.5 Å². The summed E-state index contributed by atoms with van der Waals surface area (Å²) in [6.45, 7) is 7.36. The largest absolute Gasteiger partial charge is 0.497 e. The Hall–Kier alpha value is -4.42. The number of nitrogens with one attached hydrogen (secondary N) is 1. The van der Waals surface area contributed by atoms with Gasteiger partial charge in [-0.15, -0.1) is 0 Å². The zero-order valence-corrected chi connectivity index (χ0v) is 27.7. The monoisotopic (exact) mass is 621 g/mol. The molecule has 1 unspecified atom stereocenters. The molecule has 0 saturated carbocycles. The van der Waals surface area contributed by atoms with Crippen LogP contribution in [0, 0.1) is 12.8 Å². The van der Waals surface area contributed by atoms with Gasteiger partial charge in [-0.2, -0.15) is 0 Å². The van der Waals surface area contributed by atoms with Crippen LogP contribution in [-0.4, -0.2) is 36.7 Å². The van der Waals surface area contributed by atoms with E-state index in [1.54, 1.807) is 7.11 Å². The number of ether oxygens (including phenoxy) is 2. The Bertz CT molecular complexity index is 1560. The average Bonchev–Trinajstić information content (AvgIpc) is 3.06. The van der Waals surface area contributed by atoms with E-state index in [1.807, 2.05) is 56.3 Å². The molecule has 0 aliphatic rings. The highest BCUT2D eigenvalue weighted by Gasteiger charge is 2.26. The molecule has 4 rings (SSSR count). The first-order valence-corrected chi connectivity index (χ1v) is 16.1. The molecule has 4 aromatic rings. The van der Waals surface area contributed by atoms with E-state index in [9.17, 15) is 14.7 Å². The fourth-order valence-corrected chi connectivity index (χ4v) is 5.69. The third-order valence-electron chi connectivity index (χ3n) is 8.48. The first-order valence-electron chi connectivity index (χ1n) is 16.1. The molecule has 2 atom stereocenters. The molecule has 0 heterocycles. The second-order valence-electron chi connectivity index (χ2n) is 12.4. The number of aliphatic hydroxyl groups excluding tert-OH is 1. The van der Waals surface area contributed by atoms with Crippen LogP contribution in [0.2, 0.25) is 0 Å². The van der Waals surface area contributed by atoms with Gasteiger partial charge in [-0.05, 0) is 90.5 Å². The minimum absolute atomic E-state index is 0.0892. The SMILES string of the molecule is COc1ccc(CCc2cc(CC(C(=O)N[C@H](CO)C(C)C)c3ccccc3)cc(CCc3ccc(C)cc3)c2OC(C)=O)cc1. The summed E-state index contributed by atoms with van der Waals surface area (Å²) in [6, 6.07) is 30.1. The number of esters is 1. The summed E-state index contributed by atoms with van der Waals surface area (Å²) >= 11 is 0. The van der Waals surface area contributed by atoms with E-state index >= 15 is 0 Å². The van der Waals surface area contributed by atoms with Crippen LogP contribution in [0.4, 0.5) is 0 Å². The smallest absolute Gasteiger partial charge is 0.308 e. The molecule has 46 heavy (non-hydrogen) atoms. The highest BCUT2D eigenvalue weighted by atomic mass is 16.5. The van der Waals surface area contributed by atoms with Gasteiger partial charge >= 0.3 is 5.97 Å². The number of benzene rings is 4. The number of rotatable bonds is 15. The predicted octanol–water partition coefficient (Wildman–Crippen LogP) is 6.96. The van der Waals surface area contributed by atoms with E-state index in [1.165, 1.54) is 18.1 Å². The maximum absolute atomic E-state index is 13.8. The standard InChI is InChI=1S/C40H47NO5/c1-27(2)38(26-42)41-40(44)37(33-9-7-6-8-10-33)25-32-23-34(19-15-30-13-11-28(3)12-14-30)39(46-29(4)43)35(24-32)20-16-31-17-21-36(45-5)22-18-31/h6-14,17-18,21-24,27,37-38,42H,15-16,19-20,25-26H2,1-5H3,(H,41,44)/t37?,38-/m1/s1. The third-order valence-corrected chi connectivity index (χ3v) is 8.48. The van der Waals surface area contributed by atoms with Crippen molar-refractivity contribution in [2.75, 3.05) is 13.7 Å². The summed E-state index contributed by atoms with van der Waals surface area (Å²) in [4.78, 5) is 26.2. The first-order chi connectivity index (χ1) is 22.2. The highest BCUT2D eigenvalue weighted by molar-refractivity contribution is 5.84. The topological polar surface area (TPSA) is 84.9 Å². The van der Waals surface area contributed by atoms with Crippen LogP contribution >= 0.6 is 0 Å². The van der Waals surface area contributed by atoms with E-state index in [2.05, 4.69) is 60.8 Å². The maximum Gasteiger partial charge on any atom is 0.308 e. The second kappa shape index (κ2) is 16.8. The molecule has 0 fully saturated rings. The molecule has 0 aliphatic heterocycles. The van der Waals surface area contributed by atoms with Gasteiger partial charge in [0, 0.05) is 6.92 Å². The van der Waals surface area contributed by atoms with Gasteiger partial charge in [-0.3, -0.25) is 9.59 Å². The predicted molar refractivity (Wildman–Crippen MR) is 183 cm³/mol. The van der Waals surface area contributed by atoms with Gasteiger partial charge in [0.1, 0.15) is 11.5 Å². The zero-order chi connectivity index (χ0) is 33.1. The number of carbonyl (C=O) groups is 2. The molecule has 0 saturated heterocycles. The molecular formula is C40H47NO5. The molecular weight excluding hydrogens is 574 g/mol. The van der Waals surface area contributed by atoms with Crippen LogP contribution in [0.25, 0.3) is 0 Å². The molecule has 0 spiro atoms. The highest BCUT2D eigenvalue weighted by Crippen LogP contribution is 2.32. The van der Waals surface area contributed by atoms with Crippen molar-refractivity contribution in [3.05, 3.63) is 130 Å². The van der Waals surface area contributed by atoms with E-state index in [4.69, 9.17) is 9.47 Å². The van der Waals surface area contributed by atoms with E-state index < -0.39 is 5.92 Å². The molecule has 0 radical (unpaired) electrons. The fraction of sp³-hybridized carbons (Fsp3) is 0.350. The average molecular weight is 622 g/mol. The van der Waals surface area contributed by atoms with Crippen LogP contribution in [0.1, 0.15) is 65.6 Å². The van der Waals surface area contributed by atoms with E-state index in [0.717, 1.165) is 46.4 Å². The zero-order valence-electron chi connectivity index (χ0n) is 27.7. The summed E-state index contributed by atoms with van der Waals surface area (Å²) in [5.41, 5.74) is 7.34. The first kappa shape index (κ1) is 34.5. The lowest BCUT2D eigenvalue weighted by Crippen LogP contribution is -2.43. The van der Waals surface area contributed by atoms with Crippen molar-refractivity contribution in [1.82, 2.24) is 5.32 Å². The molecule has 0 bridgehead atoms. The number of hydrogen-bond acceptors (Lipinski definition) is 5. The van der Waals surface area contributed by atoms with Gasteiger partial charge in [0.05, 0.1) is 25.7 Å². The quantitative estimate of drug-likeness (QED) is 0.111. The number of hydrogen-bond donors (Lipinski definition) is 2. The van der Waals surface area contributed by atoms with E-state index in [0.29, 0.717) is 25.0 Å². The Morgan fingerprint density at radius 1 is 0.783 bits per heavy atom. The Kier molecular flexibility index (Phi) is 12.6. The molecule has 0 aromatic heterocycles. The Morgan fingerprint density at radius 2 is 1.35 bits per heavy atom. The van der Waals surface area contributed by atoms with Crippen molar-refractivity contribution in [2.45, 2.75) is 71.8 Å². The Morgan fingerprint density at radius 3 is 1.85 bits per heavy atom. The summed E-state index contributed by atoms with van der Waals surface area (Å²) in [5.74, 6) is 0.553. The third kappa shape index (κ3) is 9.79. The molecule has 6 nitrogen and oxygen atoms in total.